The van der Waals surface area contributed by atoms with E-state index in [1.165, 1.54) is 18.0 Å². The molecule has 1 unspecified atom stereocenters. The van der Waals surface area contributed by atoms with Crippen LogP contribution in [-0.4, -0.2) is 37.5 Å². The first-order valence-electron chi connectivity index (χ1n) is 7.53. The van der Waals surface area contributed by atoms with Crippen LogP contribution in [0.25, 0.3) is 0 Å². The monoisotopic (exact) mass is 336 g/mol. The minimum atomic E-state index is -0.575. The van der Waals surface area contributed by atoms with Gasteiger partial charge in [-0.1, -0.05) is 0 Å². The fourth-order valence-electron chi connectivity index (χ4n) is 2.17. The number of hydrogen-bond donors (Lipinski definition) is 1. The van der Waals surface area contributed by atoms with Crippen molar-refractivity contribution in [3.05, 3.63) is 34.3 Å². The molecule has 2 aromatic rings. The quantitative estimate of drug-likeness (QED) is 0.573. The predicted octanol–water partition coefficient (Wildman–Crippen LogP) is 1.28. The normalized spacial score (nSPS) is 12.0. The molecule has 24 heavy (non-hydrogen) atoms. The number of methoxy groups -OCH3 is 1. The van der Waals surface area contributed by atoms with Gasteiger partial charge in [0.25, 0.3) is 0 Å². The Morgan fingerprint density at radius 3 is 2.75 bits per heavy atom. The second kappa shape index (κ2) is 7.57. The number of hydrogen-bond acceptors (Lipinski definition) is 6. The average Bonchev–Trinajstić information content (AvgIpc) is 3.19. The number of amides is 1. The molecular formula is C14H20N6O4. The van der Waals surface area contributed by atoms with Gasteiger partial charge in [-0.2, -0.15) is 5.10 Å². The Hall–Kier alpha value is -2.91. The summed E-state index contributed by atoms with van der Waals surface area (Å²) < 4.78 is 7.96. The molecule has 130 valence electrons. The van der Waals surface area contributed by atoms with Crippen LogP contribution in [0, 0.1) is 10.1 Å². The maximum Gasteiger partial charge on any atom is 0.350 e. The van der Waals surface area contributed by atoms with Crippen LogP contribution in [0.3, 0.4) is 0 Å². The topological polar surface area (TPSA) is 117 Å². The van der Waals surface area contributed by atoms with E-state index < -0.39 is 4.92 Å². The minimum Gasteiger partial charge on any atom is -0.475 e. The van der Waals surface area contributed by atoms with Crippen LogP contribution in [-0.2, 0) is 17.9 Å². The lowest BCUT2D eigenvalue weighted by Gasteiger charge is -2.11. The van der Waals surface area contributed by atoms with Gasteiger partial charge in [0.2, 0.25) is 5.91 Å². The van der Waals surface area contributed by atoms with Crippen molar-refractivity contribution < 1.29 is 14.5 Å². The summed E-state index contributed by atoms with van der Waals surface area (Å²) in [6.07, 6.45) is 3.24. The molecule has 0 fully saturated rings. The Balaban J connectivity index is 1.90. The highest BCUT2D eigenvalue weighted by Gasteiger charge is 2.20. The Labute approximate surface area is 138 Å². The molecule has 1 N–H and O–H groups in total. The molecule has 10 nitrogen and oxygen atoms in total. The molecule has 0 saturated heterocycles. The van der Waals surface area contributed by atoms with E-state index in [2.05, 4.69) is 15.5 Å². The molecule has 2 rings (SSSR count). The van der Waals surface area contributed by atoms with E-state index in [1.807, 2.05) is 26.1 Å². The fourth-order valence-corrected chi connectivity index (χ4v) is 2.17. The van der Waals surface area contributed by atoms with Gasteiger partial charge >= 0.3 is 11.6 Å². The number of carbonyl (C=O) groups is 1. The Kier molecular flexibility index (Phi) is 5.51. The summed E-state index contributed by atoms with van der Waals surface area (Å²) in [7, 11) is 1.31. The van der Waals surface area contributed by atoms with Crippen molar-refractivity contribution in [1.82, 2.24) is 24.9 Å². The van der Waals surface area contributed by atoms with Gasteiger partial charge in [0, 0.05) is 19.2 Å². The number of aryl methyl sites for hydroxylation is 2. The second-order valence-corrected chi connectivity index (χ2v) is 5.18. The van der Waals surface area contributed by atoms with E-state index in [0.717, 1.165) is 12.2 Å². The lowest BCUT2D eigenvalue weighted by molar-refractivity contribution is -0.385. The zero-order valence-electron chi connectivity index (χ0n) is 13.8. The highest BCUT2D eigenvalue weighted by Crippen LogP contribution is 2.23. The number of nitrogens with one attached hydrogen (secondary N) is 1. The van der Waals surface area contributed by atoms with Crippen LogP contribution < -0.4 is 10.1 Å². The van der Waals surface area contributed by atoms with Gasteiger partial charge in [-0.05, 0) is 19.9 Å². The molecule has 2 aromatic heterocycles. The summed E-state index contributed by atoms with van der Waals surface area (Å²) in [6.45, 7) is 4.81. The smallest absolute Gasteiger partial charge is 0.350 e. The van der Waals surface area contributed by atoms with Crippen molar-refractivity contribution in [2.24, 2.45) is 0 Å². The average molecular weight is 336 g/mol. The van der Waals surface area contributed by atoms with Crippen LogP contribution >= 0.6 is 0 Å². The van der Waals surface area contributed by atoms with Gasteiger partial charge in [-0.3, -0.25) is 24.3 Å². The highest BCUT2D eigenvalue weighted by atomic mass is 16.6. The molecule has 0 aliphatic carbocycles. The molecule has 10 heteroatoms. The summed E-state index contributed by atoms with van der Waals surface area (Å²) in [6, 6.07) is 1.64. The maximum absolute atomic E-state index is 12.0. The Morgan fingerprint density at radius 1 is 1.46 bits per heavy atom. The molecule has 0 radical (unpaired) electrons. The molecule has 0 aliphatic rings. The van der Waals surface area contributed by atoms with Crippen LogP contribution in [0.2, 0.25) is 0 Å². The minimum absolute atomic E-state index is 0.0705. The largest absolute Gasteiger partial charge is 0.475 e. The van der Waals surface area contributed by atoms with E-state index in [-0.39, 0.29) is 36.5 Å². The Bertz CT molecular complexity index is 723. The summed E-state index contributed by atoms with van der Waals surface area (Å²) in [4.78, 5) is 22.3. The molecule has 0 aromatic carbocycles. The maximum atomic E-state index is 12.0. The predicted molar refractivity (Wildman–Crippen MR) is 84.5 cm³/mol. The van der Waals surface area contributed by atoms with Crippen LogP contribution in [0.4, 0.5) is 5.69 Å². The lowest BCUT2D eigenvalue weighted by atomic mass is 10.2. The van der Waals surface area contributed by atoms with Crippen LogP contribution in [0.15, 0.2) is 18.5 Å². The second-order valence-electron chi connectivity index (χ2n) is 5.18. The van der Waals surface area contributed by atoms with Crippen LogP contribution in [0.5, 0.6) is 5.88 Å². The van der Waals surface area contributed by atoms with Crippen molar-refractivity contribution in [3.63, 3.8) is 0 Å². The molecule has 2 heterocycles. The summed E-state index contributed by atoms with van der Waals surface area (Å²) in [5, 5.41) is 22.0. The van der Waals surface area contributed by atoms with Gasteiger partial charge in [0.15, 0.2) is 0 Å². The van der Waals surface area contributed by atoms with E-state index in [9.17, 15) is 14.9 Å². The van der Waals surface area contributed by atoms with E-state index >= 15 is 0 Å². The third-order valence-electron chi connectivity index (χ3n) is 3.47. The number of rotatable bonds is 8. The first kappa shape index (κ1) is 17.4. The summed E-state index contributed by atoms with van der Waals surface area (Å²) in [5.74, 6) is -0.260. The molecule has 0 bridgehead atoms. The van der Waals surface area contributed by atoms with Gasteiger partial charge in [-0.25, -0.2) is 0 Å². The first-order valence-corrected chi connectivity index (χ1v) is 7.53. The number of nitro groups is 1. The SMILES string of the molecule is CCn1ccc(C(C)NC(=O)CCn2cc([N+](=O)[O-])c(OC)n2)n1. The number of ether oxygens (including phenoxy) is 1. The van der Waals surface area contributed by atoms with E-state index in [0.29, 0.717) is 0 Å². The van der Waals surface area contributed by atoms with Crippen molar-refractivity contribution >= 4 is 11.6 Å². The standard InChI is InChI=1S/C14H20N6O4/c1-4-18-7-5-11(16-18)10(2)15-13(21)6-8-19-9-12(20(22)23)14(17-19)24-3/h5,7,9-10H,4,6,8H2,1-3H3,(H,15,21). The van der Waals surface area contributed by atoms with Gasteiger partial charge < -0.3 is 10.1 Å². The molecular weight excluding hydrogens is 316 g/mol. The number of carbonyl (C=O) groups excluding carboxylic acids is 1. The highest BCUT2D eigenvalue weighted by molar-refractivity contribution is 5.76. The zero-order chi connectivity index (χ0) is 17.7. The molecule has 0 spiro atoms. The van der Waals surface area contributed by atoms with Gasteiger partial charge in [-0.15, -0.1) is 5.10 Å². The number of aromatic nitrogens is 4. The van der Waals surface area contributed by atoms with Crippen molar-refractivity contribution in [2.75, 3.05) is 7.11 Å². The molecule has 1 amide bonds. The Morgan fingerprint density at radius 2 is 2.21 bits per heavy atom. The summed E-state index contributed by atoms with van der Waals surface area (Å²) in [5.41, 5.74) is 0.554. The van der Waals surface area contributed by atoms with Gasteiger partial charge in [0.05, 0.1) is 30.3 Å². The van der Waals surface area contributed by atoms with Crippen molar-refractivity contribution in [3.8, 4) is 5.88 Å². The fraction of sp³-hybridized carbons (Fsp3) is 0.500. The molecule has 0 saturated carbocycles. The van der Waals surface area contributed by atoms with Gasteiger partial charge in [0.1, 0.15) is 6.20 Å². The number of nitrogens with zero attached hydrogens (tertiary/aromatic N) is 5. The molecule has 0 aliphatic heterocycles. The van der Waals surface area contributed by atoms with E-state index in [1.54, 1.807) is 4.68 Å². The first-order chi connectivity index (χ1) is 11.4. The van der Waals surface area contributed by atoms with Crippen molar-refractivity contribution in [1.29, 1.82) is 0 Å². The molecule has 1 atom stereocenters. The van der Waals surface area contributed by atoms with E-state index in [4.69, 9.17) is 4.74 Å². The van der Waals surface area contributed by atoms with Crippen molar-refractivity contribution in [2.45, 2.75) is 39.4 Å². The third-order valence-corrected chi connectivity index (χ3v) is 3.47. The zero-order valence-corrected chi connectivity index (χ0v) is 13.8. The lowest BCUT2D eigenvalue weighted by Crippen LogP contribution is -2.27. The van der Waals surface area contributed by atoms with Crippen LogP contribution in [0.1, 0.15) is 32.0 Å². The summed E-state index contributed by atoms with van der Waals surface area (Å²) >= 11 is 0. The third kappa shape index (κ3) is 4.09.